The van der Waals surface area contributed by atoms with Crippen LogP contribution in [0.25, 0.3) is 0 Å². The highest BCUT2D eigenvalue weighted by Gasteiger charge is 2.43. The molecule has 1 aromatic heterocycles. The van der Waals surface area contributed by atoms with Crippen LogP contribution in [0.5, 0.6) is 0 Å². The second-order valence-electron chi connectivity index (χ2n) is 5.12. The Labute approximate surface area is 134 Å². The molecule has 0 bridgehead atoms. The number of hydrogen-bond donors (Lipinski definition) is 1. The predicted molar refractivity (Wildman–Crippen MR) is 77.3 cm³/mol. The molecule has 1 atom stereocenters. The SMILES string of the molecule is Cc1cccc(C(NC(=O)c2c([N+](=O)[O-])cnn2C)C(F)(F)F)c1. The van der Waals surface area contributed by atoms with Crippen LogP contribution in [0.1, 0.15) is 27.7 Å². The van der Waals surface area contributed by atoms with Crippen molar-refractivity contribution < 1.29 is 22.9 Å². The molecule has 0 fully saturated rings. The van der Waals surface area contributed by atoms with Crippen molar-refractivity contribution in [1.82, 2.24) is 15.1 Å². The van der Waals surface area contributed by atoms with Crippen LogP contribution in [0.2, 0.25) is 0 Å². The molecular weight excluding hydrogens is 329 g/mol. The molecule has 1 aromatic carbocycles. The van der Waals surface area contributed by atoms with E-state index in [0.717, 1.165) is 10.9 Å². The van der Waals surface area contributed by atoms with Crippen molar-refractivity contribution in [2.24, 2.45) is 7.05 Å². The van der Waals surface area contributed by atoms with E-state index in [9.17, 15) is 28.1 Å². The van der Waals surface area contributed by atoms with Crippen molar-refractivity contribution in [1.29, 1.82) is 0 Å². The summed E-state index contributed by atoms with van der Waals surface area (Å²) in [5.41, 5.74) is -0.801. The molecule has 0 aliphatic carbocycles. The lowest BCUT2D eigenvalue weighted by molar-refractivity contribution is -0.385. The van der Waals surface area contributed by atoms with E-state index in [4.69, 9.17) is 0 Å². The van der Waals surface area contributed by atoms with Gasteiger partial charge in [0.25, 0.3) is 5.91 Å². The fourth-order valence-corrected chi connectivity index (χ4v) is 2.23. The number of benzene rings is 1. The number of aryl methyl sites for hydroxylation is 2. The highest BCUT2D eigenvalue weighted by Crippen LogP contribution is 2.33. The number of alkyl halides is 3. The van der Waals surface area contributed by atoms with Crippen LogP contribution in [0.4, 0.5) is 18.9 Å². The molecule has 0 aliphatic heterocycles. The van der Waals surface area contributed by atoms with Crippen molar-refractivity contribution in [3.63, 3.8) is 0 Å². The quantitative estimate of drug-likeness (QED) is 0.683. The maximum atomic E-state index is 13.3. The third-order valence-electron chi connectivity index (χ3n) is 3.31. The summed E-state index contributed by atoms with van der Waals surface area (Å²) in [4.78, 5) is 22.2. The number of carbonyl (C=O) groups excluding carboxylic acids is 1. The van der Waals surface area contributed by atoms with Crippen molar-refractivity contribution in [2.75, 3.05) is 0 Å². The number of halogens is 3. The Morgan fingerprint density at radius 1 is 1.42 bits per heavy atom. The molecule has 0 radical (unpaired) electrons. The standard InChI is InChI=1S/C14H13F3N4O3/c1-8-4-3-5-9(6-8)12(14(15,16)17)19-13(22)11-10(21(23)24)7-18-20(11)2/h3-7,12H,1-2H3,(H,19,22). The normalized spacial score (nSPS) is 12.7. The number of nitrogens with one attached hydrogen (secondary N) is 1. The highest BCUT2D eigenvalue weighted by molar-refractivity contribution is 5.96. The summed E-state index contributed by atoms with van der Waals surface area (Å²) in [5, 5.41) is 16.2. The third kappa shape index (κ3) is 3.53. The van der Waals surface area contributed by atoms with Gasteiger partial charge in [-0.3, -0.25) is 19.6 Å². The predicted octanol–water partition coefficient (Wildman–Crippen LogP) is 2.67. The minimum absolute atomic E-state index is 0.166. The fraction of sp³-hybridized carbons (Fsp3) is 0.286. The van der Waals surface area contributed by atoms with Crippen molar-refractivity contribution in [2.45, 2.75) is 19.1 Å². The summed E-state index contributed by atoms with van der Waals surface area (Å²) in [6.07, 6.45) is -3.96. The highest BCUT2D eigenvalue weighted by atomic mass is 19.4. The molecule has 0 saturated carbocycles. The van der Waals surface area contributed by atoms with Crippen LogP contribution < -0.4 is 5.32 Å². The molecule has 0 spiro atoms. The van der Waals surface area contributed by atoms with Gasteiger partial charge in [-0.15, -0.1) is 0 Å². The Morgan fingerprint density at radius 3 is 2.62 bits per heavy atom. The lowest BCUT2D eigenvalue weighted by Gasteiger charge is -2.22. The first-order valence-corrected chi connectivity index (χ1v) is 6.71. The Hall–Kier alpha value is -2.91. The number of nitro groups is 1. The van der Waals surface area contributed by atoms with Gasteiger partial charge < -0.3 is 5.32 Å². The summed E-state index contributed by atoms with van der Waals surface area (Å²) in [6, 6.07) is 3.27. The molecule has 2 rings (SSSR count). The molecule has 2 aromatic rings. The molecule has 1 unspecified atom stereocenters. The molecule has 128 valence electrons. The Balaban J connectivity index is 2.40. The first-order valence-electron chi connectivity index (χ1n) is 6.71. The van der Waals surface area contributed by atoms with Crippen LogP contribution >= 0.6 is 0 Å². The Morgan fingerprint density at radius 2 is 2.08 bits per heavy atom. The number of rotatable bonds is 4. The zero-order valence-electron chi connectivity index (χ0n) is 12.7. The second-order valence-corrected chi connectivity index (χ2v) is 5.12. The van der Waals surface area contributed by atoms with Crippen LogP contribution in [0.15, 0.2) is 30.5 Å². The van der Waals surface area contributed by atoms with Gasteiger partial charge in [0.1, 0.15) is 6.20 Å². The molecule has 1 amide bonds. The smallest absolute Gasteiger partial charge is 0.335 e. The van der Waals surface area contributed by atoms with Crippen molar-refractivity contribution in [3.05, 3.63) is 57.4 Å². The summed E-state index contributed by atoms with van der Waals surface area (Å²) in [7, 11) is 1.23. The summed E-state index contributed by atoms with van der Waals surface area (Å²) in [6.45, 7) is 1.62. The topological polar surface area (TPSA) is 90.1 Å². The average Bonchev–Trinajstić information content (AvgIpc) is 2.85. The first-order chi connectivity index (χ1) is 11.1. The number of amides is 1. The summed E-state index contributed by atoms with van der Waals surface area (Å²) < 4.78 is 40.8. The molecule has 1 N–H and O–H groups in total. The van der Waals surface area contributed by atoms with E-state index in [1.54, 1.807) is 13.0 Å². The molecule has 10 heteroatoms. The number of nitrogens with zero attached hydrogens (tertiary/aromatic N) is 3. The van der Waals surface area contributed by atoms with Gasteiger partial charge in [0.15, 0.2) is 6.04 Å². The third-order valence-corrected chi connectivity index (χ3v) is 3.31. The second kappa shape index (κ2) is 6.30. The molecule has 1 heterocycles. The maximum absolute atomic E-state index is 13.3. The van der Waals surface area contributed by atoms with E-state index in [1.165, 1.54) is 25.2 Å². The van der Waals surface area contributed by atoms with Crippen LogP contribution in [0, 0.1) is 17.0 Å². The van der Waals surface area contributed by atoms with Crippen molar-refractivity contribution in [3.8, 4) is 0 Å². The van der Waals surface area contributed by atoms with Gasteiger partial charge in [0.2, 0.25) is 5.69 Å². The summed E-state index contributed by atoms with van der Waals surface area (Å²) in [5.74, 6) is -1.23. The zero-order chi connectivity index (χ0) is 18.1. The van der Waals surface area contributed by atoms with E-state index in [0.29, 0.717) is 5.56 Å². The number of carbonyl (C=O) groups is 1. The van der Waals surface area contributed by atoms with Gasteiger partial charge in [-0.25, -0.2) is 0 Å². The first kappa shape index (κ1) is 17.4. The zero-order valence-corrected chi connectivity index (χ0v) is 12.7. The monoisotopic (exact) mass is 342 g/mol. The Kier molecular flexibility index (Phi) is 4.58. The maximum Gasteiger partial charge on any atom is 0.412 e. The lowest BCUT2D eigenvalue weighted by atomic mass is 10.0. The van der Waals surface area contributed by atoms with E-state index < -0.39 is 34.4 Å². The van der Waals surface area contributed by atoms with Crippen LogP contribution in [-0.2, 0) is 7.05 Å². The van der Waals surface area contributed by atoms with E-state index in [1.807, 2.05) is 5.32 Å². The summed E-state index contributed by atoms with van der Waals surface area (Å²) >= 11 is 0. The van der Waals surface area contributed by atoms with E-state index >= 15 is 0 Å². The lowest BCUT2D eigenvalue weighted by Crippen LogP contribution is -2.39. The van der Waals surface area contributed by atoms with Crippen LogP contribution in [0.3, 0.4) is 0 Å². The fourth-order valence-electron chi connectivity index (χ4n) is 2.23. The van der Waals surface area contributed by atoms with Gasteiger partial charge in [-0.1, -0.05) is 29.8 Å². The largest absolute Gasteiger partial charge is 0.412 e. The molecule has 0 aliphatic rings. The molecule has 24 heavy (non-hydrogen) atoms. The van der Waals surface area contributed by atoms with Gasteiger partial charge in [-0.2, -0.15) is 18.3 Å². The molecule has 7 nitrogen and oxygen atoms in total. The van der Waals surface area contributed by atoms with Gasteiger partial charge in [-0.05, 0) is 12.5 Å². The number of aromatic nitrogens is 2. The minimum atomic E-state index is -4.77. The van der Waals surface area contributed by atoms with E-state index in [-0.39, 0.29) is 5.56 Å². The number of hydrogen-bond acceptors (Lipinski definition) is 4. The average molecular weight is 342 g/mol. The van der Waals surface area contributed by atoms with E-state index in [2.05, 4.69) is 5.10 Å². The molecule has 0 saturated heterocycles. The van der Waals surface area contributed by atoms with Gasteiger partial charge >= 0.3 is 11.9 Å². The molecular formula is C14H13F3N4O3. The van der Waals surface area contributed by atoms with Gasteiger partial charge in [0, 0.05) is 7.05 Å². The Bertz CT molecular complexity index is 786. The minimum Gasteiger partial charge on any atom is -0.335 e. The van der Waals surface area contributed by atoms with Crippen LogP contribution in [-0.4, -0.2) is 26.8 Å². The van der Waals surface area contributed by atoms with Gasteiger partial charge in [0.05, 0.1) is 4.92 Å². The van der Waals surface area contributed by atoms with Crippen molar-refractivity contribution >= 4 is 11.6 Å².